The third kappa shape index (κ3) is 3.85. The van der Waals surface area contributed by atoms with Crippen LogP contribution in [0.2, 0.25) is 0 Å². The summed E-state index contributed by atoms with van der Waals surface area (Å²) in [5, 5.41) is 0. The van der Waals surface area contributed by atoms with Crippen molar-refractivity contribution >= 4 is 24.2 Å². The number of carbonyl (C=O) groups excluding carboxylic acids is 1. The van der Waals surface area contributed by atoms with Crippen molar-refractivity contribution in [2.45, 2.75) is 77.5 Å². The number of nitrogens with zero attached hydrogens (tertiary/aromatic N) is 1. The predicted octanol–water partition coefficient (Wildman–Crippen LogP) is 4.99. The minimum Gasteiger partial charge on any atom is -0.454 e. The molecule has 0 unspecified atom stereocenters. The smallest absolute Gasteiger partial charge is 0.454 e. The molecular weight excluding hydrogens is 420 g/mol. The monoisotopic (exact) mass is 451 g/mol. The molecule has 1 saturated heterocycles. The zero-order valence-electron chi connectivity index (χ0n) is 20.0. The van der Waals surface area contributed by atoms with Crippen molar-refractivity contribution in [2.24, 2.45) is 5.92 Å². The van der Waals surface area contributed by atoms with E-state index in [9.17, 15) is 9.18 Å². The van der Waals surface area contributed by atoms with Gasteiger partial charge in [0, 0.05) is 23.0 Å². The Hall–Kier alpha value is -2.38. The molecule has 2 aliphatic heterocycles. The molecule has 5 rings (SSSR count). The number of anilines is 1. The van der Waals surface area contributed by atoms with Crippen LogP contribution in [0.5, 0.6) is 11.5 Å². The summed E-state index contributed by atoms with van der Waals surface area (Å²) in [7, 11) is -0.658. The van der Waals surface area contributed by atoms with Gasteiger partial charge in [-0.05, 0) is 78.5 Å². The number of ether oxygens (including phenoxy) is 1. The molecular formula is C26H31BFNO4. The number of rotatable bonds is 4. The molecule has 0 N–H and O–H groups in total. The van der Waals surface area contributed by atoms with Crippen LogP contribution in [0.3, 0.4) is 0 Å². The summed E-state index contributed by atoms with van der Waals surface area (Å²) in [6.07, 6.45) is 3.43. The van der Waals surface area contributed by atoms with Gasteiger partial charge in [-0.1, -0.05) is 18.2 Å². The Morgan fingerprint density at radius 2 is 1.73 bits per heavy atom. The molecule has 2 aromatic rings. The van der Waals surface area contributed by atoms with E-state index in [-0.39, 0.29) is 23.6 Å². The summed E-state index contributed by atoms with van der Waals surface area (Å²) >= 11 is 0. The van der Waals surface area contributed by atoms with Crippen LogP contribution in [-0.2, 0) is 20.5 Å². The third-order valence-electron chi connectivity index (χ3n) is 7.50. The highest BCUT2D eigenvalue weighted by Crippen LogP contribution is 2.43. The van der Waals surface area contributed by atoms with E-state index in [1.807, 2.05) is 44.7 Å². The summed E-state index contributed by atoms with van der Waals surface area (Å²) in [5.74, 6) is 0.504. The van der Waals surface area contributed by atoms with Gasteiger partial charge in [-0.15, -0.1) is 0 Å². The molecule has 2 heterocycles. The van der Waals surface area contributed by atoms with Gasteiger partial charge in [-0.2, -0.15) is 0 Å². The van der Waals surface area contributed by atoms with Gasteiger partial charge in [0.2, 0.25) is 5.91 Å². The third-order valence-corrected chi connectivity index (χ3v) is 7.50. The minimum atomic E-state index is -0.658. The average molecular weight is 451 g/mol. The van der Waals surface area contributed by atoms with E-state index >= 15 is 0 Å². The summed E-state index contributed by atoms with van der Waals surface area (Å²) in [5.41, 5.74) is 1.41. The lowest BCUT2D eigenvalue weighted by Gasteiger charge is -2.37. The quantitative estimate of drug-likeness (QED) is 0.615. The zero-order valence-corrected chi connectivity index (χ0v) is 20.0. The van der Waals surface area contributed by atoms with E-state index in [0.29, 0.717) is 11.2 Å². The maximum Gasteiger partial charge on any atom is 0.498 e. The first-order valence-corrected chi connectivity index (χ1v) is 11.9. The molecule has 0 radical (unpaired) electrons. The van der Waals surface area contributed by atoms with Crippen LogP contribution < -0.4 is 15.1 Å². The molecule has 1 saturated carbocycles. The highest BCUT2D eigenvalue weighted by atomic mass is 19.1. The molecule has 1 aliphatic carbocycles. The van der Waals surface area contributed by atoms with Gasteiger partial charge in [-0.25, -0.2) is 4.39 Å². The standard InChI is InChI=1S/C26H31BFNO4/c1-16-10-13-18-21(29(16)24(30)17-11-12-17)15-14-19(27-32-25(2,3)26(4,5)33-27)23(18)31-22-9-7-6-8-20(22)28/h6-9,14-17H,10-13H2,1-5H3/t16-/m0/s1. The highest BCUT2D eigenvalue weighted by molar-refractivity contribution is 6.63. The molecule has 3 aliphatic rings. The SMILES string of the molecule is C[C@H]1CCc2c(ccc(B3OC(C)(C)C(C)(C)O3)c2Oc2ccccc2F)N1C(=O)C1CC1. The van der Waals surface area contributed by atoms with Gasteiger partial charge < -0.3 is 18.9 Å². The van der Waals surface area contributed by atoms with E-state index in [1.54, 1.807) is 18.2 Å². The van der Waals surface area contributed by atoms with Crippen molar-refractivity contribution in [2.75, 3.05) is 4.90 Å². The predicted molar refractivity (Wildman–Crippen MR) is 127 cm³/mol. The van der Waals surface area contributed by atoms with Gasteiger partial charge in [0.05, 0.1) is 16.9 Å². The Labute approximate surface area is 195 Å². The van der Waals surface area contributed by atoms with E-state index in [0.717, 1.165) is 36.9 Å². The molecule has 0 aromatic heterocycles. The Kier molecular flexibility index (Phi) is 5.33. The number of hydrogen-bond donors (Lipinski definition) is 0. The van der Waals surface area contributed by atoms with Crippen LogP contribution in [-0.4, -0.2) is 30.3 Å². The van der Waals surface area contributed by atoms with Crippen molar-refractivity contribution < 1.29 is 23.2 Å². The number of halogens is 1. The van der Waals surface area contributed by atoms with Crippen LogP contribution in [0, 0.1) is 11.7 Å². The normalized spacial score (nSPS) is 23.4. The van der Waals surface area contributed by atoms with E-state index < -0.39 is 24.1 Å². The van der Waals surface area contributed by atoms with Gasteiger partial charge in [0.15, 0.2) is 11.6 Å². The molecule has 1 atom stereocenters. The highest BCUT2D eigenvalue weighted by Gasteiger charge is 2.53. The number of amides is 1. The first-order chi connectivity index (χ1) is 15.6. The van der Waals surface area contributed by atoms with Crippen molar-refractivity contribution in [3.8, 4) is 11.5 Å². The van der Waals surface area contributed by atoms with E-state index in [2.05, 4.69) is 6.92 Å². The van der Waals surface area contributed by atoms with Crippen LogP contribution in [0.4, 0.5) is 10.1 Å². The molecule has 0 bridgehead atoms. The van der Waals surface area contributed by atoms with Crippen molar-refractivity contribution in [1.29, 1.82) is 0 Å². The second-order valence-electron chi connectivity index (χ2n) is 10.5. The maximum absolute atomic E-state index is 14.6. The topological polar surface area (TPSA) is 48.0 Å². The molecule has 7 heteroatoms. The first-order valence-electron chi connectivity index (χ1n) is 11.9. The summed E-state index contributed by atoms with van der Waals surface area (Å²) in [4.78, 5) is 15.1. The largest absolute Gasteiger partial charge is 0.498 e. The molecule has 1 amide bonds. The van der Waals surface area contributed by atoms with Crippen molar-refractivity contribution in [1.82, 2.24) is 0 Å². The first kappa shape index (κ1) is 22.4. The van der Waals surface area contributed by atoms with Gasteiger partial charge >= 0.3 is 7.12 Å². The fraction of sp³-hybridized carbons (Fsp3) is 0.500. The Morgan fingerprint density at radius 3 is 2.36 bits per heavy atom. The second kappa shape index (κ2) is 7.85. The molecule has 5 nitrogen and oxygen atoms in total. The summed E-state index contributed by atoms with van der Waals surface area (Å²) in [6, 6.07) is 10.4. The summed E-state index contributed by atoms with van der Waals surface area (Å²) < 4.78 is 33.5. The van der Waals surface area contributed by atoms with Crippen LogP contribution >= 0.6 is 0 Å². The zero-order chi connectivity index (χ0) is 23.5. The lowest BCUT2D eigenvalue weighted by Crippen LogP contribution is -2.44. The number of fused-ring (bicyclic) bond motifs is 1. The fourth-order valence-electron chi connectivity index (χ4n) is 4.60. The maximum atomic E-state index is 14.6. The Balaban J connectivity index is 1.63. The van der Waals surface area contributed by atoms with Crippen LogP contribution in [0.1, 0.15) is 59.4 Å². The van der Waals surface area contributed by atoms with Gasteiger partial charge in [0.25, 0.3) is 0 Å². The summed E-state index contributed by atoms with van der Waals surface area (Å²) in [6.45, 7) is 10.1. The minimum absolute atomic E-state index is 0.106. The van der Waals surface area contributed by atoms with E-state index in [1.165, 1.54) is 6.07 Å². The molecule has 2 aromatic carbocycles. The average Bonchev–Trinajstić information content (AvgIpc) is 3.56. The lowest BCUT2D eigenvalue weighted by molar-refractivity contribution is -0.120. The Morgan fingerprint density at radius 1 is 1.06 bits per heavy atom. The number of para-hydroxylation sites is 1. The van der Waals surface area contributed by atoms with E-state index in [4.69, 9.17) is 14.0 Å². The Bertz CT molecular complexity index is 1080. The van der Waals surface area contributed by atoms with Crippen molar-refractivity contribution in [3.63, 3.8) is 0 Å². The molecule has 174 valence electrons. The van der Waals surface area contributed by atoms with Crippen LogP contribution in [0.15, 0.2) is 36.4 Å². The second-order valence-corrected chi connectivity index (χ2v) is 10.5. The number of hydrogen-bond acceptors (Lipinski definition) is 4. The van der Waals surface area contributed by atoms with Crippen LogP contribution in [0.25, 0.3) is 0 Å². The lowest BCUT2D eigenvalue weighted by atomic mass is 9.76. The molecule has 2 fully saturated rings. The number of benzene rings is 2. The molecule has 33 heavy (non-hydrogen) atoms. The van der Waals surface area contributed by atoms with Gasteiger partial charge in [0.1, 0.15) is 5.75 Å². The van der Waals surface area contributed by atoms with Crippen molar-refractivity contribution in [3.05, 3.63) is 47.8 Å². The number of carbonyl (C=O) groups is 1. The van der Waals surface area contributed by atoms with Gasteiger partial charge in [-0.3, -0.25) is 4.79 Å². The fourth-order valence-corrected chi connectivity index (χ4v) is 4.60. The molecule has 0 spiro atoms.